The number of rotatable bonds is 9. The number of hydrogen-bond acceptors (Lipinski definition) is 6. The summed E-state index contributed by atoms with van der Waals surface area (Å²) < 4.78 is 11.0. The molecule has 2 aromatic carbocycles. The zero-order chi connectivity index (χ0) is 22.1. The van der Waals surface area contributed by atoms with E-state index in [-0.39, 0.29) is 12.1 Å². The molecule has 0 saturated heterocycles. The Morgan fingerprint density at radius 2 is 1.77 bits per heavy atom. The summed E-state index contributed by atoms with van der Waals surface area (Å²) >= 11 is 0. The van der Waals surface area contributed by atoms with E-state index in [2.05, 4.69) is 24.7 Å². The number of carbonyl (C=O) groups is 2. The minimum atomic E-state index is -0.515. The lowest BCUT2D eigenvalue weighted by Crippen LogP contribution is -2.42. The summed E-state index contributed by atoms with van der Waals surface area (Å²) in [5.74, 6) is 0.494. The normalized spacial score (nSPS) is 10.4. The number of nitro benzene ring substituents is 1. The first-order valence-corrected chi connectivity index (χ1v) is 9.43. The highest BCUT2D eigenvalue weighted by molar-refractivity contribution is 5.96. The average molecular weight is 415 g/mol. The van der Waals surface area contributed by atoms with Crippen LogP contribution in [-0.4, -0.2) is 30.5 Å². The van der Waals surface area contributed by atoms with Crippen LogP contribution in [0.15, 0.2) is 42.5 Å². The van der Waals surface area contributed by atoms with E-state index in [4.69, 9.17) is 9.47 Å². The van der Waals surface area contributed by atoms with Crippen LogP contribution in [0.3, 0.4) is 0 Å². The second-order valence-corrected chi connectivity index (χ2v) is 7.00. The van der Waals surface area contributed by atoms with E-state index in [9.17, 15) is 19.7 Å². The number of nitrogens with one attached hydrogen (secondary N) is 2. The first kappa shape index (κ1) is 22.7. The molecule has 0 fully saturated rings. The highest BCUT2D eigenvalue weighted by atomic mass is 16.6. The highest BCUT2D eigenvalue weighted by Crippen LogP contribution is 2.28. The van der Waals surface area contributed by atoms with E-state index in [1.165, 1.54) is 37.4 Å². The summed E-state index contributed by atoms with van der Waals surface area (Å²) in [6.07, 6.45) is 0.858. The number of amides is 2. The molecule has 160 valence electrons. The molecule has 0 saturated carbocycles. The van der Waals surface area contributed by atoms with Crippen molar-refractivity contribution >= 4 is 17.5 Å². The molecule has 2 amide bonds. The minimum Gasteiger partial charge on any atom is -0.493 e. The number of hydrazine groups is 1. The second kappa shape index (κ2) is 10.8. The van der Waals surface area contributed by atoms with Crippen LogP contribution in [0.1, 0.15) is 36.2 Å². The van der Waals surface area contributed by atoms with E-state index in [1.807, 2.05) is 0 Å². The predicted molar refractivity (Wildman–Crippen MR) is 110 cm³/mol. The van der Waals surface area contributed by atoms with E-state index >= 15 is 0 Å². The van der Waals surface area contributed by atoms with Crippen molar-refractivity contribution < 1.29 is 24.0 Å². The molecule has 0 bridgehead atoms. The van der Waals surface area contributed by atoms with Crippen molar-refractivity contribution in [1.29, 1.82) is 0 Å². The number of benzene rings is 2. The van der Waals surface area contributed by atoms with Crippen molar-refractivity contribution in [2.75, 3.05) is 13.7 Å². The van der Waals surface area contributed by atoms with Crippen LogP contribution < -0.4 is 20.3 Å². The first-order valence-electron chi connectivity index (χ1n) is 9.43. The Morgan fingerprint density at radius 1 is 1.07 bits per heavy atom. The molecule has 9 heteroatoms. The number of nitrogens with zero attached hydrogens (tertiary/aromatic N) is 1. The SMILES string of the molecule is COc1cc(C(=O)NNC(=O)Cc2ccc([N+](=O)[O-])cc2)ccc1OCCC(C)C. The van der Waals surface area contributed by atoms with Gasteiger partial charge in [0.25, 0.3) is 11.6 Å². The fourth-order valence-corrected chi connectivity index (χ4v) is 2.50. The highest BCUT2D eigenvalue weighted by Gasteiger charge is 2.13. The van der Waals surface area contributed by atoms with E-state index < -0.39 is 16.7 Å². The smallest absolute Gasteiger partial charge is 0.269 e. The molecule has 30 heavy (non-hydrogen) atoms. The number of hydrogen-bond donors (Lipinski definition) is 2. The van der Waals surface area contributed by atoms with Crippen molar-refractivity contribution in [2.45, 2.75) is 26.7 Å². The van der Waals surface area contributed by atoms with Crippen molar-refractivity contribution in [3.8, 4) is 11.5 Å². The zero-order valence-electron chi connectivity index (χ0n) is 17.1. The quantitative estimate of drug-likeness (QED) is 0.480. The van der Waals surface area contributed by atoms with Gasteiger partial charge in [0.15, 0.2) is 11.5 Å². The molecule has 9 nitrogen and oxygen atoms in total. The third-order valence-electron chi connectivity index (χ3n) is 4.21. The van der Waals surface area contributed by atoms with Crippen molar-refractivity contribution in [2.24, 2.45) is 5.92 Å². The van der Waals surface area contributed by atoms with Crippen LogP contribution >= 0.6 is 0 Å². The third-order valence-corrected chi connectivity index (χ3v) is 4.21. The molecule has 0 radical (unpaired) electrons. The molecule has 0 aromatic heterocycles. The van der Waals surface area contributed by atoms with Crippen LogP contribution in [0, 0.1) is 16.0 Å². The minimum absolute atomic E-state index is 0.0375. The fourth-order valence-electron chi connectivity index (χ4n) is 2.50. The Labute approximate surface area is 174 Å². The molecule has 2 rings (SSSR count). The Morgan fingerprint density at radius 3 is 2.37 bits per heavy atom. The van der Waals surface area contributed by atoms with Crippen LogP contribution in [-0.2, 0) is 11.2 Å². The maximum atomic E-state index is 12.3. The third kappa shape index (κ3) is 6.77. The standard InChI is InChI=1S/C21H25N3O6/c1-14(2)10-11-30-18-9-6-16(13-19(18)29-3)21(26)23-22-20(25)12-15-4-7-17(8-5-15)24(27)28/h4-9,13-14H,10-12H2,1-3H3,(H,22,25)(H,23,26). The zero-order valence-corrected chi connectivity index (χ0v) is 17.1. The molecule has 0 unspecified atom stereocenters. The van der Waals surface area contributed by atoms with Crippen LogP contribution in [0.2, 0.25) is 0 Å². The monoisotopic (exact) mass is 415 g/mol. The molecule has 0 aliphatic carbocycles. The maximum Gasteiger partial charge on any atom is 0.269 e. The molecule has 0 spiro atoms. The Hall–Kier alpha value is -3.62. The summed E-state index contributed by atoms with van der Waals surface area (Å²) in [6.45, 7) is 4.74. The van der Waals surface area contributed by atoms with Crippen LogP contribution in [0.4, 0.5) is 5.69 Å². The molecule has 0 atom stereocenters. The summed E-state index contributed by atoms with van der Waals surface area (Å²) in [5.41, 5.74) is 5.47. The van der Waals surface area contributed by atoms with Gasteiger partial charge in [-0.05, 0) is 36.1 Å². The van der Waals surface area contributed by atoms with Crippen molar-refractivity contribution in [3.63, 3.8) is 0 Å². The van der Waals surface area contributed by atoms with Crippen LogP contribution in [0.25, 0.3) is 0 Å². The summed E-state index contributed by atoms with van der Waals surface area (Å²) in [6, 6.07) is 10.4. The van der Waals surface area contributed by atoms with Gasteiger partial charge in [0, 0.05) is 17.7 Å². The van der Waals surface area contributed by atoms with Gasteiger partial charge in [-0.2, -0.15) is 0 Å². The number of methoxy groups -OCH3 is 1. The summed E-state index contributed by atoms with van der Waals surface area (Å²) in [5, 5.41) is 10.7. The lowest BCUT2D eigenvalue weighted by atomic mass is 10.1. The van der Waals surface area contributed by atoms with E-state index in [0.717, 1.165) is 6.42 Å². The van der Waals surface area contributed by atoms with Crippen molar-refractivity contribution in [1.82, 2.24) is 10.9 Å². The molecule has 2 aromatic rings. The number of non-ortho nitro benzene ring substituents is 1. The van der Waals surface area contributed by atoms with Gasteiger partial charge in [-0.1, -0.05) is 26.0 Å². The first-order chi connectivity index (χ1) is 14.3. The van der Waals surface area contributed by atoms with Gasteiger partial charge in [0.2, 0.25) is 5.91 Å². The second-order valence-electron chi connectivity index (χ2n) is 7.00. The molecule has 0 aliphatic rings. The van der Waals surface area contributed by atoms with E-state index in [1.54, 1.807) is 12.1 Å². The molecular formula is C21H25N3O6. The lowest BCUT2D eigenvalue weighted by Gasteiger charge is -2.13. The largest absolute Gasteiger partial charge is 0.493 e. The summed E-state index contributed by atoms with van der Waals surface area (Å²) in [7, 11) is 1.48. The Bertz CT molecular complexity index is 896. The number of nitro groups is 1. The Balaban J connectivity index is 1.90. The van der Waals surface area contributed by atoms with Gasteiger partial charge in [-0.3, -0.25) is 30.6 Å². The van der Waals surface area contributed by atoms with Crippen LogP contribution in [0.5, 0.6) is 11.5 Å². The topological polar surface area (TPSA) is 120 Å². The average Bonchev–Trinajstić information content (AvgIpc) is 2.72. The summed E-state index contributed by atoms with van der Waals surface area (Å²) in [4.78, 5) is 34.5. The number of carbonyl (C=O) groups excluding carboxylic acids is 2. The molecular weight excluding hydrogens is 390 g/mol. The molecule has 2 N–H and O–H groups in total. The maximum absolute atomic E-state index is 12.3. The van der Waals surface area contributed by atoms with Gasteiger partial charge in [-0.15, -0.1) is 0 Å². The lowest BCUT2D eigenvalue weighted by molar-refractivity contribution is -0.384. The van der Waals surface area contributed by atoms with E-state index in [0.29, 0.717) is 35.2 Å². The van der Waals surface area contributed by atoms with Crippen molar-refractivity contribution in [3.05, 3.63) is 63.7 Å². The predicted octanol–water partition coefficient (Wildman–Crippen LogP) is 3.03. The van der Waals surface area contributed by atoms with Gasteiger partial charge in [0.05, 0.1) is 25.1 Å². The van der Waals surface area contributed by atoms with Gasteiger partial charge in [0.1, 0.15) is 0 Å². The van der Waals surface area contributed by atoms with Gasteiger partial charge < -0.3 is 9.47 Å². The molecule has 0 heterocycles. The molecule has 0 aliphatic heterocycles. The number of ether oxygens (including phenoxy) is 2. The van der Waals surface area contributed by atoms with Gasteiger partial charge >= 0.3 is 0 Å². The Kier molecular flexibility index (Phi) is 8.16. The van der Waals surface area contributed by atoms with Gasteiger partial charge in [-0.25, -0.2) is 0 Å². The fraction of sp³-hybridized carbons (Fsp3) is 0.333.